The number of nitriles is 1. The van der Waals surface area contributed by atoms with E-state index in [2.05, 4.69) is 11.2 Å². The Balaban J connectivity index is 1.85. The molecule has 10 heteroatoms. The van der Waals surface area contributed by atoms with Crippen LogP contribution in [0.5, 0.6) is 0 Å². The van der Waals surface area contributed by atoms with Crippen LogP contribution in [0.3, 0.4) is 0 Å². The second kappa shape index (κ2) is 6.42. The Kier molecular flexibility index (Phi) is 4.82. The standard InChI is InChI=1S/C16H26BN5O3S/c1-6-26(23)21-10-16(11-21,7-8-18)22-9-12(13(19)20-22)17-24-14(2,3)15(4,5)25-17/h9H,6-7,10-11H2,1-5H3,(H2,19,20). The Bertz CT molecular complexity index is 710. The fourth-order valence-corrected chi connectivity index (χ4v) is 4.35. The first-order valence-corrected chi connectivity index (χ1v) is 10.0. The predicted octanol–water partition coefficient (Wildman–Crippen LogP) is 0.373. The lowest BCUT2D eigenvalue weighted by atomic mass is 9.80. The fraction of sp³-hybridized carbons (Fsp3) is 0.750. The molecule has 0 spiro atoms. The molecule has 1 aromatic rings. The zero-order valence-electron chi connectivity index (χ0n) is 16.0. The van der Waals surface area contributed by atoms with Crippen LogP contribution >= 0.6 is 0 Å². The topological polar surface area (TPSA) is 112 Å². The van der Waals surface area contributed by atoms with Crippen molar-refractivity contribution >= 4 is 29.8 Å². The average molecular weight is 379 g/mol. The van der Waals surface area contributed by atoms with E-state index in [1.807, 2.05) is 38.9 Å². The minimum atomic E-state index is -1.03. The van der Waals surface area contributed by atoms with E-state index in [0.29, 0.717) is 30.1 Å². The van der Waals surface area contributed by atoms with Crippen molar-refractivity contribution in [2.24, 2.45) is 0 Å². The summed E-state index contributed by atoms with van der Waals surface area (Å²) in [7, 11) is -0.603. The molecule has 2 saturated heterocycles. The van der Waals surface area contributed by atoms with Gasteiger partial charge < -0.3 is 19.6 Å². The number of hydrogen-bond acceptors (Lipinski definition) is 7. The van der Waals surface area contributed by atoms with Gasteiger partial charge >= 0.3 is 7.12 Å². The lowest BCUT2D eigenvalue weighted by Crippen LogP contribution is -2.64. The molecule has 2 aliphatic rings. The Morgan fingerprint density at radius 2 is 1.92 bits per heavy atom. The molecule has 2 aliphatic heterocycles. The maximum absolute atomic E-state index is 12.0. The normalized spacial score (nSPS) is 24.9. The van der Waals surface area contributed by atoms with Gasteiger partial charge in [0.1, 0.15) is 17.1 Å². The average Bonchev–Trinajstić information content (AvgIpc) is 2.99. The smallest absolute Gasteiger partial charge is 0.500 e. The molecule has 2 fully saturated rings. The largest absolute Gasteiger partial charge is 0.598 e. The highest BCUT2D eigenvalue weighted by Gasteiger charge is 2.54. The van der Waals surface area contributed by atoms with Gasteiger partial charge in [0, 0.05) is 23.0 Å². The molecule has 3 heterocycles. The molecule has 0 radical (unpaired) electrons. The zero-order valence-corrected chi connectivity index (χ0v) is 16.8. The lowest BCUT2D eigenvalue weighted by Gasteiger charge is -2.47. The van der Waals surface area contributed by atoms with E-state index in [1.54, 1.807) is 10.9 Å². The van der Waals surface area contributed by atoms with Crippen molar-refractivity contribution < 1.29 is 13.9 Å². The zero-order chi connectivity index (χ0) is 19.3. The first kappa shape index (κ1) is 19.5. The summed E-state index contributed by atoms with van der Waals surface area (Å²) < 4.78 is 27.7. The summed E-state index contributed by atoms with van der Waals surface area (Å²) >= 11 is -1.03. The Labute approximate surface area is 158 Å². The molecule has 26 heavy (non-hydrogen) atoms. The molecule has 2 N–H and O–H groups in total. The van der Waals surface area contributed by atoms with E-state index < -0.39 is 35.2 Å². The second-order valence-electron chi connectivity index (χ2n) is 7.97. The Morgan fingerprint density at radius 1 is 1.35 bits per heavy atom. The van der Waals surface area contributed by atoms with Gasteiger partial charge in [-0.2, -0.15) is 10.4 Å². The molecule has 3 rings (SSSR count). The number of rotatable bonds is 5. The summed E-state index contributed by atoms with van der Waals surface area (Å²) in [4.78, 5) is 0. The van der Waals surface area contributed by atoms with Gasteiger partial charge in [-0.1, -0.05) is 0 Å². The van der Waals surface area contributed by atoms with Crippen LogP contribution in [0.25, 0.3) is 0 Å². The highest BCUT2D eigenvalue weighted by Crippen LogP contribution is 2.38. The van der Waals surface area contributed by atoms with Crippen LogP contribution in [-0.4, -0.2) is 55.8 Å². The lowest BCUT2D eigenvalue weighted by molar-refractivity contribution is 0.00578. The number of nitrogens with zero attached hydrogens (tertiary/aromatic N) is 4. The van der Waals surface area contributed by atoms with E-state index in [1.165, 1.54) is 0 Å². The predicted molar refractivity (Wildman–Crippen MR) is 101 cm³/mol. The van der Waals surface area contributed by atoms with Crippen LogP contribution in [0.15, 0.2) is 6.20 Å². The van der Waals surface area contributed by atoms with Crippen LogP contribution in [-0.2, 0) is 26.2 Å². The summed E-state index contributed by atoms with van der Waals surface area (Å²) in [6.07, 6.45) is 2.08. The van der Waals surface area contributed by atoms with Gasteiger partial charge in [0.15, 0.2) is 0 Å². The maximum atomic E-state index is 12.0. The highest BCUT2D eigenvalue weighted by molar-refractivity contribution is 7.89. The molecule has 0 bridgehead atoms. The third kappa shape index (κ3) is 3.02. The number of nitrogen functional groups attached to an aromatic ring is 1. The molecular weight excluding hydrogens is 353 g/mol. The molecule has 0 aliphatic carbocycles. The molecule has 8 nitrogen and oxygen atoms in total. The van der Waals surface area contributed by atoms with Gasteiger partial charge in [-0.15, -0.1) is 4.31 Å². The Morgan fingerprint density at radius 3 is 2.42 bits per heavy atom. The minimum absolute atomic E-state index is 0.272. The quantitative estimate of drug-likeness (QED) is 0.581. The summed E-state index contributed by atoms with van der Waals surface area (Å²) in [5.41, 5.74) is 5.35. The summed E-state index contributed by atoms with van der Waals surface area (Å²) in [5.74, 6) is 0.888. The van der Waals surface area contributed by atoms with Crippen molar-refractivity contribution in [1.82, 2.24) is 14.1 Å². The number of aromatic nitrogens is 2. The van der Waals surface area contributed by atoms with Gasteiger partial charge in [0.2, 0.25) is 0 Å². The van der Waals surface area contributed by atoms with Crippen LogP contribution in [0.1, 0.15) is 41.0 Å². The number of nitrogens with two attached hydrogens (primary N) is 1. The van der Waals surface area contributed by atoms with Crippen LogP contribution < -0.4 is 11.2 Å². The SMILES string of the molecule is CC[S+]([O-])N1CC(CC#N)(n2cc(B3OC(C)(C)C(C)(C)O3)c(N)n2)C1. The molecule has 142 valence electrons. The maximum Gasteiger partial charge on any atom is 0.500 e. The van der Waals surface area contributed by atoms with Gasteiger partial charge in [-0.05, 0) is 34.6 Å². The molecule has 0 saturated carbocycles. The second-order valence-corrected chi connectivity index (χ2v) is 9.71. The van der Waals surface area contributed by atoms with Crippen molar-refractivity contribution in [3.05, 3.63) is 6.20 Å². The van der Waals surface area contributed by atoms with Gasteiger partial charge in [-0.3, -0.25) is 4.68 Å². The molecule has 1 unspecified atom stereocenters. The summed E-state index contributed by atoms with van der Waals surface area (Å²) in [6, 6.07) is 2.22. The van der Waals surface area contributed by atoms with Gasteiger partial charge in [0.25, 0.3) is 0 Å². The first-order chi connectivity index (χ1) is 12.0. The molecule has 1 atom stereocenters. The van der Waals surface area contributed by atoms with E-state index in [0.717, 1.165) is 0 Å². The molecule has 1 aromatic heterocycles. The summed E-state index contributed by atoms with van der Waals surface area (Å²) in [6.45, 7) is 10.8. The first-order valence-electron chi connectivity index (χ1n) is 8.77. The van der Waals surface area contributed by atoms with Crippen molar-refractivity contribution in [1.29, 1.82) is 5.26 Å². The van der Waals surface area contributed by atoms with Gasteiger partial charge in [-0.25, -0.2) is 0 Å². The van der Waals surface area contributed by atoms with E-state index in [-0.39, 0.29) is 6.42 Å². The highest BCUT2D eigenvalue weighted by atomic mass is 32.2. The Hall–Kier alpha value is -1.25. The number of anilines is 1. The monoisotopic (exact) mass is 379 g/mol. The molecule has 0 amide bonds. The number of hydrogen-bond donors (Lipinski definition) is 1. The molecular formula is C16H26BN5O3S. The fourth-order valence-electron chi connectivity index (χ4n) is 3.22. The van der Waals surface area contributed by atoms with Crippen molar-refractivity contribution in [2.45, 2.75) is 57.8 Å². The van der Waals surface area contributed by atoms with E-state index in [9.17, 15) is 9.81 Å². The minimum Gasteiger partial charge on any atom is -0.598 e. The van der Waals surface area contributed by atoms with Crippen molar-refractivity contribution in [3.63, 3.8) is 0 Å². The van der Waals surface area contributed by atoms with Crippen LogP contribution in [0.4, 0.5) is 5.82 Å². The van der Waals surface area contributed by atoms with Gasteiger partial charge in [0.05, 0.1) is 36.8 Å². The summed E-state index contributed by atoms with van der Waals surface area (Å²) in [5, 5.41) is 13.7. The third-order valence-corrected chi connectivity index (χ3v) is 6.98. The van der Waals surface area contributed by atoms with Crippen molar-refractivity contribution in [2.75, 3.05) is 24.6 Å². The van der Waals surface area contributed by atoms with E-state index in [4.69, 9.17) is 15.0 Å². The van der Waals surface area contributed by atoms with Crippen LogP contribution in [0, 0.1) is 11.3 Å². The molecule has 0 aromatic carbocycles. The third-order valence-electron chi connectivity index (χ3n) is 5.65. The van der Waals surface area contributed by atoms with E-state index >= 15 is 0 Å². The van der Waals surface area contributed by atoms with Crippen LogP contribution in [0.2, 0.25) is 0 Å². The van der Waals surface area contributed by atoms with Crippen molar-refractivity contribution in [3.8, 4) is 6.07 Å².